The maximum atomic E-state index is 13.8. The average Bonchev–Trinajstić information content (AvgIpc) is 2.83. The highest BCUT2D eigenvalue weighted by molar-refractivity contribution is 5.72. The summed E-state index contributed by atoms with van der Waals surface area (Å²) >= 11 is 0. The van der Waals surface area contributed by atoms with E-state index in [1.165, 1.54) is 6.07 Å². The van der Waals surface area contributed by atoms with E-state index in [1.807, 2.05) is 31.2 Å². The van der Waals surface area contributed by atoms with Crippen molar-refractivity contribution in [2.24, 2.45) is 5.73 Å². The molecule has 0 aliphatic rings. The normalized spacial score (nSPS) is 12.8. The average molecular weight is 270 g/mol. The number of nitrogens with two attached hydrogens (primary N) is 1. The largest absolute Gasteiger partial charge is 0.441 e. The Bertz CT molecular complexity index is 718. The Labute approximate surface area is 116 Å². The third-order valence-electron chi connectivity index (χ3n) is 3.28. The molecule has 2 aromatic carbocycles. The zero-order chi connectivity index (χ0) is 14.1. The van der Waals surface area contributed by atoms with Crippen molar-refractivity contribution in [1.29, 1.82) is 0 Å². The summed E-state index contributed by atoms with van der Waals surface area (Å²) < 4.78 is 19.4. The van der Waals surface area contributed by atoms with Crippen LogP contribution in [0.3, 0.4) is 0 Å². The molecule has 3 nitrogen and oxygen atoms in total. The molecule has 3 rings (SSSR count). The van der Waals surface area contributed by atoms with Gasteiger partial charge in [0.25, 0.3) is 0 Å². The molecule has 1 aromatic heterocycles. The van der Waals surface area contributed by atoms with E-state index in [4.69, 9.17) is 10.2 Å². The second kappa shape index (κ2) is 5.06. The molecule has 0 aliphatic heterocycles. The van der Waals surface area contributed by atoms with Crippen molar-refractivity contribution in [1.82, 2.24) is 4.98 Å². The molecule has 3 aromatic rings. The van der Waals surface area contributed by atoms with Crippen molar-refractivity contribution >= 4 is 11.1 Å². The molecule has 1 unspecified atom stereocenters. The Balaban J connectivity index is 1.88. The van der Waals surface area contributed by atoms with Crippen molar-refractivity contribution in [3.8, 4) is 0 Å². The van der Waals surface area contributed by atoms with Crippen LogP contribution in [0.1, 0.15) is 23.1 Å². The maximum Gasteiger partial charge on any atom is 0.197 e. The minimum absolute atomic E-state index is 0.292. The second-order valence-corrected chi connectivity index (χ2v) is 4.91. The quantitative estimate of drug-likeness (QED) is 0.792. The zero-order valence-corrected chi connectivity index (χ0v) is 11.1. The van der Waals surface area contributed by atoms with Gasteiger partial charge in [0, 0.05) is 18.0 Å². The van der Waals surface area contributed by atoms with Gasteiger partial charge in [-0.2, -0.15) is 0 Å². The van der Waals surface area contributed by atoms with Crippen LogP contribution in [0.5, 0.6) is 0 Å². The van der Waals surface area contributed by atoms with Crippen LogP contribution in [0, 0.1) is 12.7 Å². The SMILES string of the molecule is Cc1ccc(F)c(C(N)Cc2nc3ccccc3o2)c1. The van der Waals surface area contributed by atoms with E-state index in [1.54, 1.807) is 12.1 Å². The first-order valence-corrected chi connectivity index (χ1v) is 6.49. The first-order valence-electron chi connectivity index (χ1n) is 6.49. The van der Waals surface area contributed by atoms with E-state index in [-0.39, 0.29) is 5.82 Å². The lowest BCUT2D eigenvalue weighted by Gasteiger charge is -2.11. The summed E-state index contributed by atoms with van der Waals surface area (Å²) in [5.74, 6) is 0.235. The van der Waals surface area contributed by atoms with Gasteiger partial charge in [0.15, 0.2) is 11.5 Å². The number of halogens is 1. The molecule has 0 amide bonds. The first kappa shape index (κ1) is 12.8. The molecule has 20 heavy (non-hydrogen) atoms. The molecule has 0 fully saturated rings. The lowest BCUT2D eigenvalue weighted by Crippen LogP contribution is -2.15. The predicted octanol–water partition coefficient (Wildman–Crippen LogP) is 3.52. The Morgan fingerprint density at radius 3 is 2.85 bits per heavy atom. The topological polar surface area (TPSA) is 52.0 Å². The minimum atomic E-state index is -0.469. The van der Waals surface area contributed by atoms with Crippen LogP contribution in [0.15, 0.2) is 46.9 Å². The lowest BCUT2D eigenvalue weighted by atomic mass is 10.0. The number of hydrogen-bond acceptors (Lipinski definition) is 3. The van der Waals surface area contributed by atoms with Crippen LogP contribution < -0.4 is 5.73 Å². The summed E-state index contributed by atoms with van der Waals surface area (Å²) in [6.45, 7) is 1.91. The van der Waals surface area contributed by atoms with Crippen molar-refractivity contribution < 1.29 is 8.81 Å². The zero-order valence-electron chi connectivity index (χ0n) is 11.1. The number of para-hydroxylation sites is 2. The van der Waals surface area contributed by atoms with E-state index in [0.717, 1.165) is 16.7 Å². The smallest absolute Gasteiger partial charge is 0.197 e. The first-order chi connectivity index (χ1) is 9.63. The molecule has 0 spiro atoms. The molecule has 2 N–H and O–H groups in total. The van der Waals surface area contributed by atoms with E-state index >= 15 is 0 Å². The van der Waals surface area contributed by atoms with Crippen LogP contribution in [0.25, 0.3) is 11.1 Å². The van der Waals surface area contributed by atoms with Crippen molar-refractivity contribution in [2.75, 3.05) is 0 Å². The summed E-state index contributed by atoms with van der Waals surface area (Å²) in [6.07, 6.45) is 0.370. The van der Waals surface area contributed by atoms with Crippen molar-refractivity contribution in [3.63, 3.8) is 0 Å². The van der Waals surface area contributed by atoms with E-state index in [9.17, 15) is 4.39 Å². The Kier molecular flexibility index (Phi) is 3.24. The number of aromatic nitrogens is 1. The summed E-state index contributed by atoms with van der Waals surface area (Å²) in [5, 5.41) is 0. The van der Waals surface area contributed by atoms with Crippen molar-refractivity contribution in [2.45, 2.75) is 19.4 Å². The van der Waals surface area contributed by atoms with Crippen LogP contribution in [0.2, 0.25) is 0 Å². The molecule has 1 heterocycles. The van der Waals surface area contributed by atoms with E-state index < -0.39 is 6.04 Å². The van der Waals surface area contributed by atoms with Gasteiger partial charge < -0.3 is 10.2 Å². The summed E-state index contributed by atoms with van der Waals surface area (Å²) in [5.41, 5.74) is 9.07. The molecule has 0 saturated carbocycles. The second-order valence-electron chi connectivity index (χ2n) is 4.91. The number of benzene rings is 2. The summed E-state index contributed by atoms with van der Waals surface area (Å²) in [7, 11) is 0. The lowest BCUT2D eigenvalue weighted by molar-refractivity contribution is 0.492. The number of oxazole rings is 1. The highest BCUT2D eigenvalue weighted by Crippen LogP contribution is 2.22. The van der Waals surface area contributed by atoms with Gasteiger partial charge >= 0.3 is 0 Å². The number of rotatable bonds is 3. The fourth-order valence-electron chi connectivity index (χ4n) is 2.25. The Morgan fingerprint density at radius 1 is 1.25 bits per heavy atom. The molecule has 0 bridgehead atoms. The summed E-state index contributed by atoms with van der Waals surface area (Å²) in [4.78, 5) is 4.36. The predicted molar refractivity (Wildman–Crippen MR) is 75.8 cm³/mol. The number of nitrogens with zero attached hydrogens (tertiary/aromatic N) is 1. The van der Waals surface area contributed by atoms with Crippen molar-refractivity contribution in [3.05, 3.63) is 65.3 Å². The number of hydrogen-bond donors (Lipinski definition) is 1. The molecule has 4 heteroatoms. The van der Waals surface area contributed by atoms with Crippen LogP contribution in [-0.2, 0) is 6.42 Å². The number of aryl methyl sites for hydroxylation is 1. The van der Waals surface area contributed by atoms with Gasteiger partial charge in [0.2, 0.25) is 0 Å². The fraction of sp³-hybridized carbons (Fsp3) is 0.188. The number of fused-ring (bicyclic) bond motifs is 1. The fourth-order valence-corrected chi connectivity index (χ4v) is 2.25. The van der Waals surface area contributed by atoms with Gasteiger partial charge in [0.1, 0.15) is 11.3 Å². The molecule has 0 radical (unpaired) electrons. The monoisotopic (exact) mass is 270 g/mol. The molecule has 102 valence electrons. The Hall–Kier alpha value is -2.20. The molecule has 0 saturated heterocycles. The van der Waals surface area contributed by atoms with Gasteiger partial charge in [-0.1, -0.05) is 29.8 Å². The highest BCUT2D eigenvalue weighted by Gasteiger charge is 2.15. The summed E-state index contributed by atoms with van der Waals surface area (Å²) in [6, 6.07) is 12.0. The van der Waals surface area contributed by atoms with Gasteiger partial charge in [-0.3, -0.25) is 0 Å². The molecular weight excluding hydrogens is 255 g/mol. The third kappa shape index (κ3) is 2.42. The standard InChI is InChI=1S/C16H15FN2O/c1-10-6-7-12(17)11(8-10)13(18)9-16-19-14-4-2-3-5-15(14)20-16/h2-8,13H,9,18H2,1H3. The molecular formula is C16H15FN2O. The van der Waals surface area contributed by atoms with Crippen LogP contribution in [0.4, 0.5) is 4.39 Å². The van der Waals surface area contributed by atoms with Gasteiger partial charge in [-0.05, 0) is 25.1 Å². The highest BCUT2D eigenvalue weighted by atomic mass is 19.1. The minimum Gasteiger partial charge on any atom is -0.441 e. The third-order valence-corrected chi connectivity index (χ3v) is 3.28. The molecule has 0 aliphatic carbocycles. The Morgan fingerprint density at radius 2 is 2.05 bits per heavy atom. The maximum absolute atomic E-state index is 13.8. The van der Waals surface area contributed by atoms with E-state index in [0.29, 0.717) is 17.9 Å². The van der Waals surface area contributed by atoms with Gasteiger partial charge in [-0.25, -0.2) is 9.37 Å². The van der Waals surface area contributed by atoms with Gasteiger partial charge in [0.05, 0.1) is 0 Å². The molecule has 1 atom stereocenters. The van der Waals surface area contributed by atoms with Crippen LogP contribution in [-0.4, -0.2) is 4.98 Å². The van der Waals surface area contributed by atoms with E-state index in [2.05, 4.69) is 4.98 Å². The van der Waals surface area contributed by atoms with Crippen LogP contribution >= 0.6 is 0 Å². The van der Waals surface area contributed by atoms with Gasteiger partial charge in [-0.15, -0.1) is 0 Å².